The molecule has 0 saturated heterocycles. The Morgan fingerprint density at radius 3 is 2.19 bits per heavy atom. The lowest BCUT2D eigenvalue weighted by Gasteiger charge is -2.20. The van der Waals surface area contributed by atoms with Gasteiger partial charge in [-0.25, -0.2) is 13.1 Å². The van der Waals surface area contributed by atoms with Gasteiger partial charge in [0.1, 0.15) is 5.75 Å². The van der Waals surface area contributed by atoms with Gasteiger partial charge in [-0.15, -0.1) is 0 Å². The predicted octanol–water partition coefficient (Wildman–Crippen LogP) is 4.87. The lowest BCUT2D eigenvalue weighted by Crippen LogP contribution is -2.29. The van der Waals surface area contributed by atoms with E-state index in [1.165, 1.54) is 0 Å². The van der Waals surface area contributed by atoms with Gasteiger partial charge in [-0.05, 0) is 55.0 Å². The summed E-state index contributed by atoms with van der Waals surface area (Å²) < 4.78 is 34.5. The summed E-state index contributed by atoms with van der Waals surface area (Å²) >= 11 is 0. The third kappa shape index (κ3) is 4.46. The van der Waals surface area contributed by atoms with Crippen LogP contribution in [0.4, 0.5) is 0 Å². The first-order chi connectivity index (χ1) is 12.2. The maximum absolute atomic E-state index is 13.1. The van der Waals surface area contributed by atoms with Gasteiger partial charge in [0.25, 0.3) is 0 Å². The molecular formula is C21H29NO3S. The maximum Gasteiger partial charge on any atom is 0.241 e. The molecule has 4 nitrogen and oxygen atoms in total. The zero-order valence-electron chi connectivity index (χ0n) is 16.5. The van der Waals surface area contributed by atoms with Gasteiger partial charge in [0.05, 0.1) is 12.0 Å². The molecule has 2 aromatic carbocycles. The van der Waals surface area contributed by atoms with Crippen LogP contribution in [-0.2, 0) is 10.0 Å². The first-order valence-corrected chi connectivity index (χ1v) is 10.4. The Morgan fingerprint density at radius 1 is 1.08 bits per heavy atom. The second kappa shape index (κ2) is 8.23. The summed E-state index contributed by atoms with van der Waals surface area (Å²) in [7, 11) is -2.04. The fourth-order valence-electron chi connectivity index (χ4n) is 3.03. The van der Waals surface area contributed by atoms with Crippen LogP contribution < -0.4 is 9.46 Å². The highest BCUT2D eigenvalue weighted by Crippen LogP contribution is 2.32. The summed E-state index contributed by atoms with van der Waals surface area (Å²) in [5, 5.41) is 0. The van der Waals surface area contributed by atoms with Gasteiger partial charge in [-0.3, -0.25) is 0 Å². The molecule has 0 aliphatic heterocycles. The summed E-state index contributed by atoms with van der Waals surface area (Å²) in [6.07, 6.45) is 0.675. The number of hydrogen-bond acceptors (Lipinski definition) is 3. The van der Waals surface area contributed by atoms with Crippen molar-refractivity contribution >= 4 is 10.0 Å². The fourth-order valence-corrected chi connectivity index (χ4v) is 4.60. The van der Waals surface area contributed by atoms with E-state index in [4.69, 9.17) is 4.74 Å². The van der Waals surface area contributed by atoms with Gasteiger partial charge < -0.3 is 4.74 Å². The molecule has 0 bridgehead atoms. The number of benzene rings is 2. The quantitative estimate of drug-likeness (QED) is 0.751. The standard InChI is InChI=1S/C21H29NO3S/c1-7-19(17-10-8-15(4)9-11-17)22-26(23,24)21-13-18(14(2)3)20(25-6)12-16(21)5/h8-14,19,22H,7H2,1-6H3/t19-/m0/s1. The van der Waals surface area contributed by atoms with E-state index >= 15 is 0 Å². The average Bonchev–Trinajstić information content (AvgIpc) is 2.59. The highest BCUT2D eigenvalue weighted by molar-refractivity contribution is 7.89. The van der Waals surface area contributed by atoms with Crippen LogP contribution in [0.15, 0.2) is 41.3 Å². The van der Waals surface area contributed by atoms with E-state index in [-0.39, 0.29) is 12.0 Å². The van der Waals surface area contributed by atoms with Gasteiger partial charge >= 0.3 is 0 Å². The van der Waals surface area contributed by atoms with Crippen molar-refractivity contribution < 1.29 is 13.2 Å². The third-order valence-electron chi connectivity index (χ3n) is 4.62. The lowest BCUT2D eigenvalue weighted by molar-refractivity contribution is 0.406. The van der Waals surface area contributed by atoms with Crippen LogP contribution in [0.2, 0.25) is 0 Å². The molecule has 2 rings (SSSR count). The van der Waals surface area contributed by atoms with Gasteiger partial charge in [0, 0.05) is 6.04 Å². The molecule has 142 valence electrons. The average molecular weight is 376 g/mol. The Morgan fingerprint density at radius 2 is 1.69 bits per heavy atom. The van der Waals surface area contributed by atoms with Crippen molar-refractivity contribution in [2.75, 3.05) is 7.11 Å². The van der Waals surface area contributed by atoms with Crippen molar-refractivity contribution in [2.24, 2.45) is 0 Å². The number of hydrogen-bond donors (Lipinski definition) is 1. The van der Waals surface area contributed by atoms with E-state index in [1.54, 1.807) is 26.2 Å². The van der Waals surface area contributed by atoms with Crippen LogP contribution in [0.3, 0.4) is 0 Å². The zero-order chi connectivity index (χ0) is 19.5. The normalized spacial score (nSPS) is 13.0. The molecule has 26 heavy (non-hydrogen) atoms. The van der Waals surface area contributed by atoms with E-state index in [2.05, 4.69) is 4.72 Å². The number of ether oxygens (including phenoxy) is 1. The molecule has 1 atom stereocenters. The van der Waals surface area contributed by atoms with Crippen molar-refractivity contribution in [3.63, 3.8) is 0 Å². The molecule has 0 aliphatic rings. The van der Waals surface area contributed by atoms with Crippen LogP contribution in [0.1, 0.15) is 61.4 Å². The van der Waals surface area contributed by atoms with Crippen LogP contribution in [-0.4, -0.2) is 15.5 Å². The van der Waals surface area contributed by atoms with E-state index < -0.39 is 10.0 Å². The van der Waals surface area contributed by atoms with Gasteiger partial charge in [-0.1, -0.05) is 50.6 Å². The van der Waals surface area contributed by atoms with Gasteiger partial charge in [0.15, 0.2) is 0 Å². The molecule has 0 radical (unpaired) electrons. The Kier molecular flexibility index (Phi) is 6.48. The highest BCUT2D eigenvalue weighted by Gasteiger charge is 2.24. The van der Waals surface area contributed by atoms with E-state index in [0.717, 1.165) is 22.4 Å². The van der Waals surface area contributed by atoms with E-state index in [9.17, 15) is 8.42 Å². The first kappa shape index (κ1) is 20.5. The van der Waals surface area contributed by atoms with Crippen molar-refractivity contribution in [3.8, 4) is 5.75 Å². The van der Waals surface area contributed by atoms with Crippen molar-refractivity contribution in [1.82, 2.24) is 4.72 Å². The molecule has 0 fully saturated rings. The summed E-state index contributed by atoms with van der Waals surface area (Å²) in [4.78, 5) is 0.313. The largest absolute Gasteiger partial charge is 0.496 e. The SMILES string of the molecule is CC[C@H](NS(=O)(=O)c1cc(C(C)C)c(OC)cc1C)c1ccc(C)cc1. The number of rotatable bonds is 7. The van der Waals surface area contributed by atoms with Crippen molar-refractivity contribution in [3.05, 3.63) is 58.7 Å². The van der Waals surface area contributed by atoms with E-state index in [1.807, 2.05) is 52.0 Å². The third-order valence-corrected chi connectivity index (χ3v) is 6.24. The monoisotopic (exact) mass is 375 g/mol. The number of sulfonamides is 1. The lowest BCUT2D eigenvalue weighted by atomic mass is 10.0. The summed E-state index contributed by atoms with van der Waals surface area (Å²) in [5.41, 5.74) is 3.69. The van der Waals surface area contributed by atoms with Crippen molar-refractivity contribution in [2.45, 2.75) is 57.9 Å². The summed E-state index contributed by atoms with van der Waals surface area (Å²) in [6, 6.07) is 11.2. The zero-order valence-corrected chi connectivity index (χ0v) is 17.3. The minimum absolute atomic E-state index is 0.165. The summed E-state index contributed by atoms with van der Waals surface area (Å²) in [5.74, 6) is 0.889. The first-order valence-electron chi connectivity index (χ1n) is 8.97. The highest BCUT2D eigenvalue weighted by atomic mass is 32.2. The minimum Gasteiger partial charge on any atom is -0.496 e. The number of methoxy groups -OCH3 is 1. The predicted molar refractivity (Wildman–Crippen MR) is 106 cm³/mol. The molecule has 0 saturated carbocycles. The van der Waals surface area contributed by atoms with Crippen LogP contribution in [0.5, 0.6) is 5.75 Å². The molecule has 2 aromatic rings. The molecule has 0 unspecified atom stereocenters. The van der Waals surface area contributed by atoms with Crippen LogP contribution in [0.25, 0.3) is 0 Å². The summed E-state index contributed by atoms with van der Waals surface area (Å²) in [6.45, 7) is 9.85. The molecule has 0 heterocycles. The van der Waals surface area contributed by atoms with Gasteiger partial charge in [-0.2, -0.15) is 0 Å². The fraction of sp³-hybridized carbons (Fsp3) is 0.429. The topological polar surface area (TPSA) is 55.4 Å². The van der Waals surface area contributed by atoms with Crippen molar-refractivity contribution in [1.29, 1.82) is 0 Å². The Balaban J connectivity index is 2.43. The molecule has 0 aromatic heterocycles. The Bertz CT molecular complexity index is 856. The molecule has 0 aliphatic carbocycles. The second-order valence-corrected chi connectivity index (χ2v) is 8.69. The minimum atomic E-state index is -3.65. The number of aryl methyl sites for hydroxylation is 2. The molecular weight excluding hydrogens is 346 g/mol. The smallest absolute Gasteiger partial charge is 0.241 e. The van der Waals surface area contributed by atoms with Crippen LogP contribution >= 0.6 is 0 Å². The number of nitrogens with one attached hydrogen (secondary N) is 1. The van der Waals surface area contributed by atoms with Crippen LogP contribution in [0, 0.1) is 13.8 Å². The second-order valence-electron chi connectivity index (χ2n) is 7.01. The Labute approximate surface area is 157 Å². The molecule has 0 amide bonds. The maximum atomic E-state index is 13.1. The molecule has 1 N–H and O–H groups in total. The molecule has 5 heteroatoms. The van der Waals surface area contributed by atoms with Gasteiger partial charge in [0.2, 0.25) is 10.0 Å². The van der Waals surface area contributed by atoms with E-state index in [0.29, 0.717) is 16.9 Å². The Hall–Kier alpha value is -1.85. The molecule has 0 spiro atoms.